The fourth-order valence-electron chi connectivity index (χ4n) is 3.46. The summed E-state index contributed by atoms with van der Waals surface area (Å²) in [4.78, 5) is 36.8. The van der Waals surface area contributed by atoms with Crippen molar-refractivity contribution in [3.05, 3.63) is 71.4 Å². The van der Waals surface area contributed by atoms with Gasteiger partial charge in [0, 0.05) is 22.2 Å². The molecule has 1 aliphatic rings. The predicted octanol–water partition coefficient (Wildman–Crippen LogP) is 1.90. The Kier molecular flexibility index (Phi) is 4.19. The number of hydrogen-bond acceptors (Lipinski definition) is 3. The molecule has 7 heteroatoms. The van der Waals surface area contributed by atoms with E-state index >= 15 is 0 Å². The van der Waals surface area contributed by atoms with Crippen molar-refractivity contribution < 1.29 is 14.4 Å². The van der Waals surface area contributed by atoms with Gasteiger partial charge in [0.15, 0.2) is 0 Å². The predicted molar refractivity (Wildman–Crippen MR) is 106 cm³/mol. The highest BCUT2D eigenvalue weighted by Gasteiger charge is 2.34. The van der Waals surface area contributed by atoms with E-state index in [-0.39, 0.29) is 12.1 Å². The van der Waals surface area contributed by atoms with Gasteiger partial charge in [0.05, 0.1) is 5.69 Å². The maximum atomic E-state index is 12.8. The number of benzene rings is 2. The van der Waals surface area contributed by atoms with Gasteiger partial charge in [0.2, 0.25) is 5.91 Å². The van der Waals surface area contributed by atoms with Crippen molar-refractivity contribution in [1.82, 2.24) is 9.99 Å². The summed E-state index contributed by atoms with van der Waals surface area (Å²) in [7, 11) is 0. The van der Waals surface area contributed by atoms with Gasteiger partial charge in [-0.05, 0) is 31.2 Å². The smallest absolute Gasteiger partial charge is 0.282 e. The molecule has 0 aliphatic carbocycles. The molecule has 1 aliphatic heterocycles. The Labute approximate surface area is 161 Å². The van der Waals surface area contributed by atoms with Crippen LogP contribution in [0.1, 0.15) is 11.3 Å². The van der Waals surface area contributed by atoms with Gasteiger partial charge in [-0.2, -0.15) is 0 Å². The number of nitrogens with one attached hydrogen (secondary N) is 1. The number of carbonyl (C=O) groups excluding carboxylic acids is 3. The Morgan fingerprint density at radius 2 is 1.75 bits per heavy atom. The molecule has 1 aromatic heterocycles. The molecule has 3 N–H and O–H groups in total. The monoisotopic (exact) mass is 374 g/mol. The molecule has 28 heavy (non-hydrogen) atoms. The van der Waals surface area contributed by atoms with E-state index in [9.17, 15) is 14.4 Å². The number of anilines is 1. The lowest BCUT2D eigenvalue weighted by Crippen LogP contribution is -2.35. The molecule has 0 radical (unpaired) electrons. The molecule has 3 amide bonds. The second-order valence-corrected chi connectivity index (χ2v) is 6.54. The Balaban J connectivity index is 1.82. The van der Waals surface area contributed by atoms with Crippen LogP contribution in [0.15, 0.2) is 60.2 Å². The number of amides is 3. The minimum Gasteiger partial charge on any atom is -0.368 e. The number of primary amides is 1. The molecule has 1 fully saturated rings. The number of hydrogen-bond donors (Lipinski definition) is 2. The Morgan fingerprint density at radius 1 is 1.07 bits per heavy atom. The summed E-state index contributed by atoms with van der Waals surface area (Å²) in [5.74, 6) is -1.37. The first-order chi connectivity index (χ1) is 13.5. The van der Waals surface area contributed by atoms with E-state index in [1.165, 1.54) is 5.01 Å². The van der Waals surface area contributed by atoms with Gasteiger partial charge in [-0.15, -0.1) is 0 Å². The van der Waals surface area contributed by atoms with E-state index in [0.717, 1.165) is 16.6 Å². The van der Waals surface area contributed by atoms with Gasteiger partial charge in [0.1, 0.15) is 12.1 Å². The van der Waals surface area contributed by atoms with Gasteiger partial charge in [-0.3, -0.25) is 19.8 Å². The molecule has 140 valence electrons. The van der Waals surface area contributed by atoms with Crippen LogP contribution >= 0.6 is 0 Å². The zero-order valence-electron chi connectivity index (χ0n) is 15.2. The van der Waals surface area contributed by atoms with Gasteiger partial charge in [0.25, 0.3) is 11.8 Å². The first kappa shape index (κ1) is 17.5. The third-order valence-electron chi connectivity index (χ3n) is 4.79. The van der Waals surface area contributed by atoms with Crippen LogP contribution in [0.2, 0.25) is 0 Å². The second-order valence-electron chi connectivity index (χ2n) is 6.54. The molecule has 0 saturated carbocycles. The first-order valence-corrected chi connectivity index (χ1v) is 8.75. The molecule has 1 saturated heterocycles. The van der Waals surface area contributed by atoms with Crippen molar-refractivity contribution in [3.8, 4) is 0 Å². The minimum atomic E-state index is -0.472. The summed E-state index contributed by atoms with van der Waals surface area (Å²) in [6.45, 7) is 1.85. The zero-order valence-corrected chi connectivity index (χ0v) is 15.2. The number of hydrazine groups is 1. The normalized spacial score (nSPS) is 15.5. The summed E-state index contributed by atoms with van der Waals surface area (Å²) >= 11 is 0. The highest BCUT2D eigenvalue weighted by atomic mass is 16.2. The topological polar surface area (TPSA) is 97.4 Å². The van der Waals surface area contributed by atoms with Crippen LogP contribution in [0.4, 0.5) is 5.69 Å². The van der Waals surface area contributed by atoms with E-state index in [0.29, 0.717) is 11.3 Å². The second kappa shape index (κ2) is 6.70. The maximum absolute atomic E-state index is 12.8. The van der Waals surface area contributed by atoms with Crippen molar-refractivity contribution in [3.63, 3.8) is 0 Å². The van der Waals surface area contributed by atoms with Gasteiger partial charge >= 0.3 is 0 Å². The van der Waals surface area contributed by atoms with Crippen molar-refractivity contribution in [2.45, 2.75) is 13.5 Å². The Bertz CT molecular complexity index is 1150. The summed E-state index contributed by atoms with van der Waals surface area (Å²) in [5, 5.41) is 2.07. The Morgan fingerprint density at radius 3 is 2.46 bits per heavy atom. The van der Waals surface area contributed by atoms with Crippen LogP contribution in [-0.2, 0) is 20.9 Å². The summed E-state index contributed by atoms with van der Waals surface area (Å²) in [6, 6.07) is 16.4. The third-order valence-corrected chi connectivity index (χ3v) is 4.79. The average molecular weight is 374 g/mol. The lowest BCUT2D eigenvalue weighted by molar-refractivity contribution is -0.119. The van der Waals surface area contributed by atoms with Crippen LogP contribution in [0, 0.1) is 6.92 Å². The largest absolute Gasteiger partial charge is 0.368 e. The number of rotatable bonds is 4. The first-order valence-electron chi connectivity index (χ1n) is 8.75. The molecule has 2 heterocycles. The van der Waals surface area contributed by atoms with Crippen molar-refractivity contribution in [1.29, 1.82) is 0 Å². The quantitative estimate of drug-likeness (QED) is 0.539. The Hall–Kier alpha value is -3.87. The molecule has 7 nitrogen and oxygen atoms in total. The number of nitrogens with two attached hydrogens (primary N) is 1. The highest BCUT2D eigenvalue weighted by molar-refractivity contribution is 6.32. The van der Waals surface area contributed by atoms with E-state index in [2.05, 4.69) is 5.43 Å². The van der Waals surface area contributed by atoms with E-state index in [4.69, 9.17) is 5.73 Å². The van der Waals surface area contributed by atoms with Crippen LogP contribution in [-0.4, -0.2) is 22.3 Å². The summed E-state index contributed by atoms with van der Waals surface area (Å²) < 4.78 is 1.79. The van der Waals surface area contributed by atoms with Gasteiger partial charge in [-0.25, -0.2) is 5.01 Å². The maximum Gasteiger partial charge on any atom is 0.282 e. The molecular formula is C21H18N4O3. The summed E-state index contributed by atoms with van der Waals surface area (Å²) in [5.41, 5.74) is 10.9. The standard InChI is InChI=1S/C21H18N4O3/c1-13-16(15-9-5-6-10-18(15)24(13)12-19(22)26)11-17-20(27)23-25(21(17)28)14-7-3-2-4-8-14/h2-11H,12H2,1H3,(H2,22,26)(H,23,27). The number of carbonyl (C=O) groups is 3. The van der Waals surface area contributed by atoms with Crippen molar-refractivity contribution in [2.75, 3.05) is 5.01 Å². The number of para-hydroxylation sites is 2. The molecule has 0 bridgehead atoms. The molecular weight excluding hydrogens is 356 g/mol. The highest BCUT2D eigenvalue weighted by Crippen LogP contribution is 2.29. The van der Waals surface area contributed by atoms with E-state index in [1.54, 1.807) is 34.9 Å². The van der Waals surface area contributed by atoms with Crippen molar-refractivity contribution >= 4 is 40.4 Å². The van der Waals surface area contributed by atoms with Crippen molar-refractivity contribution in [2.24, 2.45) is 5.73 Å². The molecule has 2 aromatic carbocycles. The average Bonchev–Trinajstić information content (AvgIpc) is 3.12. The fourth-order valence-corrected chi connectivity index (χ4v) is 3.46. The van der Waals surface area contributed by atoms with Gasteiger partial charge < -0.3 is 10.3 Å². The molecule has 3 aromatic rings. The minimum absolute atomic E-state index is 0.0196. The zero-order chi connectivity index (χ0) is 19.8. The lowest BCUT2D eigenvalue weighted by atomic mass is 10.1. The van der Waals surface area contributed by atoms with E-state index in [1.807, 2.05) is 37.3 Å². The van der Waals surface area contributed by atoms with Crippen LogP contribution < -0.4 is 16.2 Å². The fraction of sp³-hybridized carbons (Fsp3) is 0.0952. The molecule has 4 rings (SSSR count). The van der Waals surface area contributed by atoms with Crippen LogP contribution in [0.25, 0.3) is 17.0 Å². The number of fused-ring (bicyclic) bond motifs is 1. The third kappa shape index (κ3) is 2.83. The number of nitrogens with zero attached hydrogens (tertiary/aromatic N) is 2. The van der Waals surface area contributed by atoms with Crippen LogP contribution in [0.3, 0.4) is 0 Å². The van der Waals surface area contributed by atoms with E-state index < -0.39 is 17.7 Å². The van der Waals surface area contributed by atoms with Crippen LogP contribution in [0.5, 0.6) is 0 Å². The van der Waals surface area contributed by atoms with Gasteiger partial charge in [-0.1, -0.05) is 36.4 Å². The lowest BCUT2D eigenvalue weighted by Gasteiger charge is -2.13. The molecule has 0 spiro atoms. The number of aromatic nitrogens is 1. The summed E-state index contributed by atoms with van der Waals surface area (Å²) in [6.07, 6.45) is 1.58. The molecule has 0 unspecified atom stereocenters. The SMILES string of the molecule is Cc1c(C=C2C(=O)NN(c3ccccc3)C2=O)c2ccccc2n1CC(N)=O. The molecule has 0 atom stereocenters.